The van der Waals surface area contributed by atoms with Gasteiger partial charge in [0.2, 0.25) is 0 Å². The molecule has 0 radical (unpaired) electrons. The Labute approximate surface area is 106 Å². The van der Waals surface area contributed by atoms with E-state index >= 15 is 0 Å². The van der Waals surface area contributed by atoms with Crippen molar-refractivity contribution in [1.29, 1.82) is 0 Å². The molecule has 3 fully saturated rings. The van der Waals surface area contributed by atoms with Gasteiger partial charge in [-0.25, -0.2) is 9.59 Å². The third-order valence-corrected chi connectivity index (χ3v) is 4.48. The molecule has 0 aromatic heterocycles. The third-order valence-electron chi connectivity index (χ3n) is 4.48. The Balaban J connectivity index is 2.01. The van der Waals surface area contributed by atoms with Crippen molar-refractivity contribution in [2.45, 2.75) is 45.8 Å². The van der Waals surface area contributed by atoms with Crippen molar-refractivity contribution in [2.24, 2.45) is 17.8 Å². The Bertz CT molecular complexity index is 434. The highest BCUT2D eigenvalue weighted by Gasteiger charge is 2.48. The number of carbonyl (C=O) groups excluding carboxylic acids is 2. The Morgan fingerprint density at radius 3 is 2.22 bits per heavy atom. The summed E-state index contributed by atoms with van der Waals surface area (Å²) in [5.74, 6) is -0.857. The van der Waals surface area contributed by atoms with Gasteiger partial charge in [-0.1, -0.05) is 6.92 Å². The maximum Gasteiger partial charge on any atom is 0.348 e. The molecule has 4 nitrogen and oxygen atoms in total. The number of ether oxygens (including phenoxy) is 2. The molecular weight excluding hydrogens is 232 g/mol. The summed E-state index contributed by atoms with van der Waals surface area (Å²) in [4.78, 5) is 24.1. The van der Waals surface area contributed by atoms with E-state index in [0.29, 0.717) is 17.8 Å². The van der Waals surface area contributed by atoms with E-state index < -0.39 is 17.7 Å². The topological polar surface area (TPSA) is 52.6 Å². The molecule has 18 heavy (non-hydrogen) atoms. The molecule has 4 heteroatoms. The minimum absolute atomic E-state index is 0.175. The zero-order valence-electron chi connectivity index (χ0n) is 11.0. The highest BCUT2D eigenvalue weighted by atomic mass is 16.7. The second-order valence-corrected chi connectivity index (χ2v) is 6.07. The van der Waals surface area contributed by atoms with E-state index in [0.717, 1.165) is 18.4 Å². The number of allylic oxidation sites excluding steroid dienone is 1. The molecule has 0 aromatic carbocycles. The average Bonchev–Trinajstić information content (AvgIpc) is 2.78. The van der Waals surface area contributed by atoms with Crippen molar-refractivity contribution >= 4 is 11.9 Å². The van der Waals surface area contributed by atoms with Crippen LogP contribution < -0.4 is 0 Å². The molecule has 3 aliphatic rings. The number of hydrogen-bond acceptors (Lipinski definition) is 4. The van der Waals surface area contributed by atoms with Crippen LogP contribution in [0.2, 0.25) is 0 Å². The predicted octanol–water partition coefficient (Wildman–Crippen LogP) is 2.19. The Morgan fingerprint density at radius 1 is 1.11 bits per heavy atom. The van der Waals surface area contributed by atoms with Gasteiger partial charge in [0.05, 0.1) is 0 Å². The third kappa shape index (κ3) is 1.58. The molecule has 0 N–H and O–H groups in total. The lowest BCUT2D eigenvalue weighted by atomic mass is 9.82. The molecule has 3 atom stereocenters. The number of hydrogen-bond donors (Lipinski definition) is 0. The van der Waals surface area contributed by atoms with Gasteiger partial charge in [0.15, 0.2) is 0 Å². The van der Waals surface area contributed by atoms with Crippen molar-refractivity contribution in [3.63, 3.8) is 0 Å². The molecule has 1 aliphatic heterocycles. The highest BCUT2D eigenvalue weighted by molar-refractivity contribution is 6.16. The highest BCUT2D eigenvalue weighted by Crippen LogP contribution is 2.53. The first kappa shape index (κ1) is 11.8. The van der Waals surface area contributed by atoms with Crippen molar-refractivity contribution in [2.75, 3.05) is 0 Å². The molecule has 0 amide bonds. The van der Waals surface area contributed by atoms with Gasteiger partial charge in [0.25, 0.3) is 5.79 Å². The second-order valence-electron chi connectivity index (χ2n) is 6.07. The van der Waals surface area contributed by atoms with Crippen molar-refractivity contribution in [1.82, 2.24) is 0 Å². The molecular formula is C14H18O4. The molecule has 2 aliphatic carbocycles. The number of fused-ring (bicyclic) bond motifs is 2. The van der Waals surface area contributed by atoms with Crippen LogP contribution in [0.15, 0.2) is 11.1 Å². The first-order valence-corrected chi connectivity index (χ1v) is 6.60. The van der Waals surface area contributed by atoms with E-state index in [2.05, 4.69) is 6.92 Å². The van der Waals surface area contributed by atoms with Gasteiger partial charge < -0.3 is 9.47 Å². The van der Waals surface area contributed by atoms with Crippen LogP contribution in [0.3, 0.4) is 0 Å². The lowest BCUT2D eigenvalue weighted by molar-refractivity contribution is -0.222. The fraction of sp³-hybridized carbons (Fsp3) is 0.714. The first-order valence-electron chi connectivity index (χ1n) is 6.60. The average molecular weight is 250 g/mol. The number of carbonyl (C=O) groups is 2. The molecule has 3 unspecified atom stereocenters. The minimum atomic E-state index is -1.14. The van der Waals surface area contributed by atoms with E-state index in [9.17, 15) is 9.59 Å². The van der Waals surface area contributed by atoms with Crippen LogP contribution in [-0.4, -0.2) is 17.7 Å². The zero-order valence-corrected chi connectivity index (χ0v) is 11.0. The fourth-order valence-corrected chi connectivity index (χ4v) is 3.70. The monoisotopic (exact) mass is 250 g/mol. The van der Waals surface area contributed by atoms with Gasteiger partial charge in [0.1, 0.15) is 5.57 Å². The molecule has 2 bridgehead atoms. The summed E-state index contributed by atoms with van der Waals surface area (Å²) in [7, 11) is 0. The largest absolute Gasteiger partial charge is 0.419 e. The molecule has 0 spiro atoms. The molecule has 3 rings (SSSR count). The maximum atomic E-state index is 12.0. The smallest absolute Gasteiger partial charge is 0.348 e. The van der Waals surface area contributed by atoms with E-state index in [1.54, 1.807) is 13.8 Å². The molecule has 98 valence electrons. The lowest BCUT2D eigenvalue weighted by Gasteiger charge is -2.32. The SMILES string of the molecule is CC1C(=C2C(=O)OC(C)(C)OC2=O)C2CCC1C2. The zero-order chi connectivity index (χ0) is 13.1. The summed E-state index contributed by atoms with van der Waals surface area (Å²) in [6.45, 7) is 5.26. The second kappa shape index (κ2) is 3.59. The summed E-state index contributed by atoms with van der Waals surface area (Å²) in [5.41, 5.74) is 1.16. The molecule has 0 aromatic rings. The van der Waals surface area contributed by atoms with Crippen LogP contribution in [0, 0.1) is 17.8 Å². The molecule has 2 saturated carbocycles. The molecule has 1 saturated heterocycles. The maximum absolute atomic E-state index is 12.0. The summed E-state index contributed by atoms with van der Waals surface area (Å²) in [6, 6.07) is 0. The standard InChI is InChI=1S/C14H18O4/c1-7-8-4-5-9(6-8)10(7)11-12(15)17-14(2,3)18-13(11)16/h7-9H,4-6H2,1-3H3. The summed E-state index contributed by atoms with van der Waals surface area (Å²) in [6.07, 6.45) is 3.39. The number of cyclic esters (lactones) is 2. The quantitative estimate of drug-likeness (QED) is 0.375. The van der Waals surface area contributed by atoms with Crippen LogP contribution in [0.25, 0.3) is 0 Å². The van der Waals surface area contributed by atoms with E-state index in [-0.39, 0.29) is 5.57 Å². The van der Waals surface area contributed by atoms with Gasteiger partial charge in [0, 0.05) is 13.8 Å². The summed E-state index contributed by atoms with van der Waals surface area (Å²) in [5, 5.41) is 0. The van der Waals surface area contributed by atoms with Crippen molar-refractivity contribution < 1.29 is 19.1 Å². The number of rotatable bonds is 0. The van der Waals surface area contributed by atoms with Gasteiger partial charge in [-0.05, 0) is 42.6 Å². The fourth-order valence-electron chi connectivity index (χ4n) is 3.70. The van der Waals surface area contributed by atoms with Crippen LogP contribution in [0.5, 0.6) is 0 Å². The van der Waals surface area contributed by atoms with Crippen molar-refractivity contribution in [3.05, 3.63) is 11.1 Å². The van der Waals surface area contributed by atoms with Crippen molar-refractivity contribution in [3.8, 4) is 0 Å². The summed E-state index contributed by atoms with van der Waals surface area (Å²) < 4.78 is 10.4. The van der Waals surface area contributed by atoms with Gasteiger partial charge >= 0.3 is 11.9 Å². The first-order chi connectivity index (χ1) is 8.39. The Kier molecular flexibility index (Phi) is 2.34. The van der Waals surface area contributed by atoms with Crippen LogP contribution in [0.1, 0.15) is 40.0 Å². The van der Waals surface area contributed by atoms with Crippen LogP contribution >= 0.6 is 0 Å². The number of esters is 2. The summed E-state index contributed by atoms with van der Waals surface area (Å²) >= 11 is 0. The van der Waals surface area contributed by atoms with Gasteiger partial charge in [-0.2, -0.15) is 0 Å². The van der Waals surface area contributed by atoms with Crippen LogP contribution in [0.4, 0.5) is 0 Å². The van der Waals surface area contributed by atoms with Crippen LogP contribution in [-0.2, 0) is 19.1 Å². The molecule has 1 heterocycles. The predicted molar refractivity (Wildman–Crippen MR) is 63.3 cm³/mol. The Morgan fingerprint density at radius 2 is 1.72 bits per heavy atom. The van der Waals surface area contributed by atoms with Gasteiger partial charge in [-0.15, -0.1) is 0 Å². The van der Waals surface area contributed by atoms with E-state index in [4.69, 9.17) is 9.47 Å². The van der Waals surface area contributed by atoms with E-state index in [1.807, 2.05) is 0 Å². The Hall–Kier alpha value is -1.32. The minimum Gasteiger partial charge on any atom is -0.419 e. The lowest BCUT2D eigenvalue weighted by Crippen LogP contribution is -2.43. The van der Waals surface area contributed by atoms with E-state index in [1.165, 1.54) is 6.42 Å². The van der Waals surface area contributed by atoms with Gasteiger partial charge in [-0.3, -0.25) is 0 Å². The normalized spacial score (nSPS) is 37.8.